The van der Waals surface area contributed by atoms with Gasteiger partial charge in [0, 0.05) is 29.0 Å². The first-order chi connectivity index (χ1) is 17.9. The Labute approximate surface area is 217 Å². The number of nitrogens with one attached hydrogen (secondary N) is 1. The molecule has 4 aromatic rings. The lowest BCUT2D eigenvalue weighted by atomic mass is 10.1. The number of alkyl halides is 6. The van der Waals surface area contributed by atoms with Crippen molar-refractivity contribution in [3.8, 4) is 28.6 Å². The van der Waals surface area contributed by atoms with Crippen molar-refractivity contribution in [2.24, 2.45) is 0 Å². The summed E-state index contributed by atoms with van der Waals surface area (Å²) in [4.78, 5) is 6.70. The number of pyridine rings is 1. The van der Waals surface area contributed by atoms with E-state index in [0.29, 0.717) is 5.75 Å². The lowest BCUT2D eigenvalue weighted by Gasteiger charge is -2.14. The van der Waals surface area contributed by atoms with Crippen LogP contribution in [0.1, 0.15) is 22.3 Å². The third-order valence-corrected chi connectivity index (χ3v) is 5.80. The Kier molecular flexibility index (Phi) is 7.77. The highest BCUT2D eigenvalue weighted by molar-refractivity contribution is 6.31. The molecule has 0 bridgehead atoms. The quantitative estimate of drug-likeness (QED) is 0.224. The van der Waals surface area contributed by atoms with Crippen molar-refractivity contribution in [1.82, 2.24) is 9.97 Å². The Morgan fingerprint density at radius 1 is 0.842 bits per heavy atom. The molecule has 12 heteroatoms. The van der Waals surface area contributed by atoms with Crippen LogP contribution in [0, 0.1) is 0 Å². The van der Waals surface area contributed by atoms with Gasteiger partial charge in [-0.1, -0.05) is 29.8 Å². The van der Waals surface area contributed by atoms with Crippen molar-refractivity contribution in [3.63, 3.8) is 0 Å². The van der Waals surface area contributed by atoms with Crippen LogP contribution in [0.25, 0.3) is 11.3 Å². The van der Waals surface area contributed by atoms with E-state index in [1.165, 1.54) is 25.4 Å². The molecule has 4 rings (SSSR count). The molecule has 0 spiro atoms. The molecule has 0 aliphatic carbocycles. The third-order valence-electron chi connectivity index (χ3n) is 5.45. The first-order valence-electron chi connectivity index (χ1n) is 10.9. The van der Waals surface area contributed by atoms with Gasteiger partial charge in [-0.25, -0.2) is 4.98 Å². The summed E-state index contributed by atoms with van der Waals surface area (Å²) in [5, 5.41) is -0.140. The number of nitrogens with zero attached hydrogens (tertiary/aromatic N) is 1. The van der Waals surface area contributed by atoms with Crippen molar-refractivity contribution in [1.29, 1.82) is 0 Å². The Hall–Kier alpha value is -3.86. The van der Waals surface area contributed by atoms with Crippen LogP contribution in [0.5, 0.6) is 17.4 Å². The minimum absolute atomic E-state index is 0.0250. The highest BCUT2D eigenvalue weighted by atomic mass is 35.5. The van der Waals surface area contributed by atoms with E-state index in [2.05, 4.69) is 9.97 Å². The van der Waals surface area contributed by atoms with E-state index < -0.39 is 23.5 Å². The maximum atomic E-state index is 13.1. The van der Waals surface area contributed by atoms with Gasteiger partial charge in [-0.05, 0) is 35.9 Å². The fraction of sp³-hybridized carbons (Fsp3) is 0.192. The van der Waals surface area contributed by atoms with Crippen LogP contribution in [-0.4, -0.2) is 17.1 Å². The fourth-order valence-electron chi connectivity index (χ4n) is 3.41. The van der Waals surface area contributed by atoms with Gasteiger partial charge in [0.15, 0.2) is 0 Å². The molecule has 0 amide bonds. The number of halogens is 7. The molecule has 200 valence electrons. The average molecular weight is 557 g/mol. The topological polar surface area (TPSA) is 56.4 Å². The second-order valence-corrected chi connectivity index (χ2v) is 8.46. The molecule has 5 nitrogen and oxygen atoms in total. The molecule has 2 aromatic carbocycles. The Bertz CT molecular complexity index is 1400. The normalized spacial score (nSPS) is 11.9. The number of benzene rings is 2. The number of hydrogen-bond acceptors (Lipinski definition) is 4. The van der Waals surface area contributed by atoms with Crippen molar-refractivity contribution < 1.29 is 40.6 Å². The molecule has 0 aliphatic rings. The number of hydrogen-bond donors (Lipinski definition) is 1. The number of methoxy groups -OCH3 is 1. The second kappa shape index (κ2) is 10.9. The van der Waals surface area contributed by atoms with Crippen LogP contribution in [-0.2, 0) is 25.6 Å². The first kappa shape index (κ1) is 27.2. The molecule has 0 aliphatic heterocycles. The number of aromatic nitrogens is 2. The van der Waals surface area contributed by atoms with Crippen molar-refractivity contribution in [3.05, 3.63) is 94.3 Å². The molecule has 0 unspecified atom stereocenters. The summed E-state index contributed by atoms with van der Waals surface area (Å²) in [7, 11) is 1.53. The smallest absolute Gasteiger partial charge is 0.417 e. The van der Waals surface area contributed by atoms with E-state index in [4.69, 9.17) is 25.8 Å². The van der Waals surface area contributed by atoms with E-state index in [1.54, 1.807) is 24.3 Å². The maximum absolute atomic E-state index is 13.1. The minimum Gasteiger partial charge on any atom is -0.497 e. The second-order valence-electron chi connectivity index (χ2n) is 8.05. The number of rotatable bonds is 8. The monoisotopic (exact) mass is 556 g/mol. The van der Waals surface area contributed by atoms with Crippen LogP contribution in [0.4, 0.5) is 26.3 Å². The van der Waals surface area contributed by atoms with Gasteiger partial charge >= 0.3 is 12.4 Å². The van der Waals surface area contributed by atoms with Crippen LogP contribution in [0.2, 0.25) is 5.02 Å². The number of ether oxygens (including phenoxy) is 3. The number of aromatic amines is 1. The van der Waals surface area contributed by atoms with Gasteiger partial charge in [0.05, 0.1) is 29.5 Å². The third kappa shape index (κ3) is 6.52. The minimum atomic E-state index is -4.55. The molecular weight excluding hydrogens is 538 g/mol. The summed E-state index contributed by atoms with van der Waals surface area (Å²) in [6, 6.07) is 12.2. The lowest BCUT2D eigenvalue weighted by molar-refractivity contribution is -0.138. The highest BCUT2D eigenvalue weighted by Gasteiger charge is 2.32. The molecule has 0 atom stereocenters. The number of H-pyrrole nitrogens is 1. The van der Waals surface area contributed by atoms with Gasteiger partial charge in [-0.2, -0.15) is 26.3 Å². The zero-order valence-electron chi connectivity index (χ0n) is 19.6. The Morgan fingerprint density at radius 2 is 1.55 bits per heavy atom. The van der Waals surface area contributed by atoms with E-state index in [0.717, 1.165) is 30.0 Å². The zero-order valence-corrected chi connectivity index (χ0v) is 20.3. The molecule has 2 aromatic heterocycles. The van der Waals surface area contributed by atoms with Gasteiger partial charge in [0.2, 0.25) is 5.88 Å². The van der Waals surface area contributed by atoms with E-state index >= 15 is 0 Å². The molecule has 0 fully saturated rings. The largest absolute Gasteiger partial charge is 0.497 e. The summed E-state index contributed by atoms with van der Waals surface area (Å²) in [6.07, 6.45) is -6.98. The van der Waals surface area contributed by atoms with Crippen molar-refractivity contribution >= 4 is 11.6 Å². The molecule has 0 saturated heterocycles. The predicted octanol–water partition coefficient (Wildman–Crippen LogP) is 7.93. The van der Waals surface area contributed by atoms with Gasteiger partial charge in [0.25, 0.3) is 0 Å². The highest BCUT2D eigenvalue weighted by Crippen LogP contribution is 2.37. The van der Waals surface area contributed by atoms with Crippen molar-refractivity contribution in [2.75, 3.05) is 7.11 Å². The van der Waals surface area contributed by atoms with E-state index in [1.807, 2.05) is 0 Å². The molecule has 2 heterocycles. The standard InChI is InChI=1S/C26H19ClF6N2O3/c1-36-19-6-2-15(3-7-19)13-37-23-10-24(35-12-20(23)22-9-18(11-34-22)26(31,32)33)38-14-16-4-5-17(8-21(16)27)25(28,29)30/h2-12,34H,13-14H2,1H3. The van der Waals surface area contributed by atoms with Crippen molar-refractivity contribution in [2.45, 2.75) is 25.6 Å². The van der Waals surface area contributed by atoms with E-state index in [9.17, 15) is 26.3 Å². The Morgan fingerprint density at radius 3 is 2.16 bits per heavy atom. The molecule has 0 radical (unpaired) electrons. The van der Waals surface area contributed by atoms with Gasteiger partial charge in [0.1, 0.15) is 24.7 Å². The zero-order chi connectivity index (χ0) is 27.5. The molecule has 0 saturated carbocycles. The van der Waals surface area contributed by atoms with Crippen LogP contribution in [0.3, 0.4) is 0 Å². The Balaban J connectivity index is 1.58. The fourth-order valence-corrected chi connectivity index (χ4v) is 3.64. The van der Waals surface area contributed by atoms with Gasteiger partial charge in [-0.15, -0.1) is 0 Å². The maximum Gasteiger partial charge on any atom is 0.417 e. The SMILES string of the molecule is COc1ccc(COc2cc(OCc3ccc(C(F)(F)F)cc3Cl)ncc2-c2cc(C(F)(F)F)c[nH]2)cc1. The summed E-state index contributed by atoms with van der Waals surface area (Å²) < 4.78 is 94.7. The van der Waals surface area contributed by atoms with Crippen LogP contribution >= 0.6 is 11.6 Å². The average Bonchev–Trinajstić information content (AvgIpc) is 3.37. The summed E-state index contributed by atoms with van der Waals surface area (Å²) in [6.45, 7) is -0.139. The molecule has 38 heavy (non-hydrogen) atoms. The van der Waals surface area contributed by atoms with Gasteiger partial charge < -0.3 is 19.2 Å². The molecular formula is C26H19ClF6N2O3. The predicted molar refractivity (Wildman–Crippen MR) is 127 cm³/mol. The summed E-state index contributed by atoms with van der Waals surface area (Å²) in [5.74, 6) is 0.832. The van der Waals surface area contributed by atoms with Crippen LogP contribution in [0.15, 0.2) is 67.0 Å². The first-order valence-corrected chi connectivity index (χ1v) is 11.3. The van der Waals surface area contributed by atoms with Crippen LogP contribution < -0.4 is 14.2 Å². The van der Waals surface area contributed by atoms with Gasteiger partial charge in [-0.3, -0.25) is 0 Å². The lowest BCUT2D eigenvalue weighted by Crippen LogP contribution is -2.06. The molecule has 1 N–H and O–H groups in total. The van der Waals surface area contributed by atoms with E-state index in [-0.39, 0.29) is 46.7 Å². The summed E-state index contributed by atoms with van der Waals surface area (Å²) >= 11 is 5.99. The summed E-state index contributed by atoms with van der Waals surface area (Å²) in [5.41, 5.74) is -0.362.